The molecule has 0 bridgehead atoms. The molecule has 2 heterocycles. The number of piperidine rings is 1. The molecule has 3 rings (SSSR count). The van der Waals surface area contributed by atoms with E-state index in [2.05, 4.69) is 22.5 Å². The second-order valence-corrected chi connectivity index (χ2v) is 6.54. The largest absolute Gasteiger partial charge is 0.454 e. The number of fused-ring (bicyclic) bond motifs is 1. The van der Waals surface area contributed by atoms with Crippen molar-refractivity contribution in [2.75, 3.05) is 26.4 Å². The lowest BCUT2D eigenvalue weighted by Crippen LogP contribution is -2.47. The number of rotatable bonds is 5. The Morgan fingerprint density at radius 3 is 2.83 bits per heavy atom. The molecule has 0 amide bonds. The van der Waals surface area contributed by atoms with Gasteiger partial charge in [0, 0.05) is 25.7 Å². The van der Waals surface area contributed by atoms with Crippen molar-refractivity contribution >= 4 is 17.3 Å². The summed E-state index contributed by atoms with van der Waals surface area (Å²) in [6.07, 6.45) is 3.55. The van der Waals surface area contributed by atoms with Gasteiger partial charge in [0.05, 0.1) is 0 Å². The van der Waals surface area contributed by atoms with Gasteiger partial charge in [0.1, 0.15) is 0 Å². The van der Waals surface area contributed by atoms with Crippen molar-refractivity contribution in [1.82, 2.24) is 15.5 Å². The molecule has 1 fully saturated rings. The van der Waals surface area contributed by atoms with E-state index in [-0.39, 0.29) is 0 Å². The van der Waals surface area contributed by atoms with Gasteiger partial charge in [-0.15, -0.1) is 0 Å². The maximum atomic E-state index is 5.42. The minimum atomic E-state index is 0.308. The second kappa shape index (κ2) is 7.84. The summed E-state index contributed by atoms with van der Waals surface area (Å²) in [5, 5.41) is 7.46. The van der Waals surface area contributed by atoms with Crippen LogP contribution in [-0.2, 0) is 6.54 Å². The Morgan fingerprint density at radius 2 is 2.04 bits per heavy atom. The number of hydrogen-bond acceptors (Lipinski definition) is 4. The van der Waals surface area contributed by atoms with Gasteiger partial charge in [0.15, 0.2) is 16.6 Å². The molecule has 1 aromatic rings. The van der Waals surface area contributed by atoms with Crippen LogP contribution in [0.1, 0.15) is 31.7 Å². The highest BCUT2D eigenvalue weighted by atomic mass is 32.1. The van der Waals surface area contributed by atoms with Gasteiger partial charge >= 0.3 is 0 Å². The normalized spacial score (nSPS) is 18.0. The average Bonchev–Trinajstić information content (AvgIpc) is 3.03. The number of benzene rings is 1. The van der Waals surface area contributed by atoms with E-state index in [4.69, 9.17) is 21.7 Å². The lowest BCUT2D eigenvalue weighted by Gasteiger charge is -2.32. The van der Waals surface area contributed by atoms with Crippen LogP contribution in [0.4, 0.5) is 0 Å². The standard InChI is InChI=1S/C17H25N3O2S/c1-2-7-20-8-5-14(6-9-20)19-17(23)18-11-13-3-4-15-16(10-13)22-12-21-15/h3-4,10,14H,2,5-9,11-12H2,1H3,(H2,18,19,23). The summed E-state index contributed by atoms with van der Waals surface area (Å²) >= 11 is 5.42. The van der Waals surface area contributed by atoms with Gasteiger partial charge in [-0.25, -0.2) is 0 Å². The molecule has 0 aliphatic carbocycles. The quantitative estimate of drug-likeness (QED) is 0.805. The van der Waals surface area contributed by atoms with Crippen LogP contribution < -0.4 is 20.1 Å². The maximum Gasteiger partial charge on any atom is 0.231 e. The summed E-state index contributed by atoms with van der Waals surface area (Å²) in [7, 11) is 0. The van der Waals surface area contributed by atoms with Gasteiger partial charge in [-0.1, -0.05) is 13.0 Å². The van der Waals surface area contributed by atoms with E-state index in [1.54, 1.807) is 0 Å². The zero-order valence-electron chi connectivity index (χ0n) is 13.6. The average molecular weight is 335 g/mol. The number of nitrogens with zero attached hydrogens (tertiary/aromatic N) is 1. The first-order chi connectivity index (χ1) is 11.2. The van der Waals surface area contributed by atoms with Gasteiger partial charge in [-0.05, 0) is 55.7 Å². The van der Waals surface area contributed by atoms with Crippen molar-refractivity contribution in [2.45, 2.75) is 38.8 Å². The van der Waals surface area contributed by atoms with Gasteiger partial charge in [-0.3, -0.25) is 0 Å². The molecular weight excluding hydrogens is 310 g/mol. The lowest BCUT2D eigenvalue weighted by molar-refractivity contribution is 0.174. The van der Waals surface area contributed by atoms with E-state index in [1.165, 1.54) is 13.0 Å². The predicted octanol–water partition coefficient (Wildman–Crippen LogP) is 2.25. The van der Waals surface area contributed by atoms with Gasteiger partial charge < -0.3 is 25.0 Å². The molecule has 0 spiro atoms. The molecular formula is C17H25N3O2S. The first-order valence-electron chi connectivity index (χ1n) is 8.40. The zero-order chi connectivity index (χ0) is 16.1. The van der Waals surface area contributed by atoms with E-state index in [9.17, 15) is 0 Å². The molecule has 1 saturated heterocycles. The van der Waals surface area contributed by atoms with E-state index in [0.717, 1.165) is 48.1 Å². The summed E-state index contributed by atoms with van der Waals surface area (Å²) < 4.78 is 10.7. The van der Waals surface area contributed by atoms with Crippen LogP contribution in [0.5, 0.6) is 11.5 Å². The molecule has 2 N–H and O–H groups in total. The first kappa shape index (κ1) is 16.3. The maximum absolute atomic E-state index is 5.42. The molecule has 1 aromatic carbocycles. The van der Waals surface area contributed by atoms with Crippen molar-refractivity contribution in [2.24, 2.45) is 0 Å². The fourth-order valence-electron chi connectivity index (χ4n) is 3.09. The Hall–Kier alpha value is -1.53. The molecule has 2 aliphatic heterocycles. The van der Waals surface area contributed by atoms with E-state index in [0.29, 0.717) is 19.4 Å². The van der Waals surface area contributed by atoms with Crippen LogP contribution in [0.2, 0.25) is 0 Å². The van der Waals surface area contributed by atoms with E-state index < -0.39 is 0 Å². The third kappa shape index (κ3) is 4.48. The first-order valence-corrected chi connectivity index (χ1v) is 8.80. The fraction of sp³-hybridized carbons (Fsp3) is 0.588. The Labute approximate surface area is 143 Å². The lowest BCUT2D eigenvalue weighted by atomic mass is 10.1. The van der Waals surface area contributed by atoms with Crippen LogP contribution in [0, 0.1) is 0 Å². The van der Waals surface area contributed by atoms with Crippen molar-refractivity contribution < 1.29 is 9.47 Å². The molecule has 5 nitrogen and oxygen atoms in total. The van der Waals surface area contributed by atoms with Crippen LogP contribution in [0.15, 0.2) is 18.2 Å². The molecule has 0 atom stereocenters. The molecule has 0 radical (unpaired) electrons. The third-order valence-corrected chi connectivity index (χ3v) is 4.61. The Bertz CT molecular complexity index is 545. The van der Waals surface area contributed by atoms with Crippen LogP contribution in [-0.4, -0.2) is 42.5 Å². The molecule has 2 aliphatic rings. The summed E-state index contributed by atoms with van der Waals surface area (Å²) in [6.45, 7) is 6.77. The number of thiocarbonyl (C=S) groups is 1. The minimum absolute atomic E-state index is 0.308. The van der Waals surface area contributed by atoms with Crippen LogP contribution in [0.25, 0.3) is 0 Å². The molecule has 23 heavy (non-hydrogen) atoms. The van der Waals surface area contributed by atoms with Crippen LogP contribution >= 0.6 is 12.2 Å². The molecule has 126 valence electrons. The van der Waals surface area contributed by atoms with E-state index >= 15 is 0 Å². The van der Waals surface area contributed by atoms with Crippen molar-refractivity contribution in [1.29, 1.82) is 0 Å². The number of hydrogen-bond donors (Lipinski definition) is 2. The van der Waals surface area contributed by atoms with Gasteiger partial charge in [0.2, 0.25) is 6.79 Å². The number of nitrogens with one attached hydrogen (secondary N) is 2. The monoisotopic (exact) mass is 335 g/mol. The fourth-order valence-corrected chi connectivity index (χ4v) is 3.33. The highest BCUT2D eigenvalue weighted by Crippen LogP contribution is 2.32. The molecule has 0 aromatic heterocycles. The topological polar surface area (TPSA) is 45.8 Å². The molecule has 0 saturated carbocycles. The Balaban J connectivity index is 1.40. The summed E-state index contributed by atoms with van der Waals surface area (Å²) in [5.41, 5.74) is 1.14. The zero-order valence-corrected chi connectivity index (χ0v) is 14.5. The summed E-state index contributed by atoms with van der Waals surface area (Å²) in [5.74, 6) is 1.62. The molecule has 6 heteroatoms. The van der Waals surface area contributed by atoms with E-state index in [1.807, 2.05) is 18.2 Å². The van der Waals surface area contributed by atoms with Crippen molar-refractivity contribution in [3.63, 3.8) is 0 Å². The number of ether oxygens (including phenoxy) is 2. The second-order valence-electron chi connectivity index (χ2n) is 6.13. The minimum Gasteiger partial charge on any atom is -0.454 e. The third-order valence-electron chi connectivity index (χ3n) is 4.35. The van der Waals surface area contributed by atoms with Crippen LogP contribution in [0.3, 0.4) is 0 Å². The van der Waals surface area contributed by atoms with Gasteiger partial charge in [-0.2, -0.15) is 0 Å². The SMILES string of the molecule is CCCN1CCC(NC(=S)NCc2ccc3c(c2)OCO3)CC1. The highest BCUT2D eigenvalue weighted by molar-refractivity contribution is 7.80. The van der Waals surface area contributed by atoms with Gasteiger partial charge in [0.25, 0.3) is 0 Å². The number of likely N-dealkylation sites (tertiary alicyclic amines) is 1. The van der Waals surface area contributed by atoms with Crippen molar-refractivity contribution in [3.05, 3.63) is 23.8 Å². The highest BCUT2D eigenvalue weighted by Gasteiger charge is 2.19. The van der Waals surface area contributed by atoms with Crippen molar-refractivity contribution in [3.8, 4) is 11.5 Å². The molecule has 0 unspecified atom stereocenters. The Morgan fingerprint density at radius 1 is 1.26 bits per heavy atom. The predicted molar refractivity (Wildman–Crippen MR) is 94.9 cm³/mol. The smallest absolute Gasteiger partial charge is 0.231 e. The summed E-state index contributed by atoms with van der Waals surface area (Å²) in [6, 6.07) is 6.46. The Kier molecular flexibility index (Phi) is 5.56. The summed E-state index contributed by atoms with van der Waals surface area (Å²) in [4.78, 5) is 2.53.